The summed E-state index contributed by atoms with van der Waals surface area (Å²) in [7, 11) is 1.73. The van der Waals surface area contributed by atoms with Crippen molar-refractivity contribution in [2.45, 2.75) is 12.8 Å². The highest BCUT2D eigenvalue weighted by Crippen LogP contribution is 2.17. The number of rotatable bonds is 5. The van der Waals surface area contributed by atoms with Gasteiger partial charge in [0.2, 0.25) is 0 Å². The van der Waals surface area contributed by atoms with Crippen LogP contribution in [0, 0.1) is 0 Å². The Morgan fingerprint density at radius 3 is 2.95 bits per heavy atom. The third kappa shape index (κ3) is 3.68. The molecule has 2 rings (SSSR count). The van der Waals surface area contributed by atoms with Crippen molar-refractivity contribution in [2.24, 2.45) is 0 Å². The van der Waals surface area contributed by atoms with Crippen LogP contribution >= 0.6 is 22.9 Å². The minimum atomic E-state index is -0.172. The van der Waals surface area contributed by atoms with Gasteiger partial charge < -0.3 is 10.6 Å². The summed E-state index contributed by atoms with van der Waals surface area (Å²) < 4.78 is 0. The van der Waals surface area contributed by atoms with Crippen LogP contribution in [0.3, 0.4) is 0 Å². The Kier molecular flexibility index (Phi) is 4.92. The number of carbonyl (C=O) groups is 1. The van der Waals surface area contributed by atoms with E-state index in [4.69, 9.17) is 11.6 Å². The van der Waals surface area contributed by atoms with Gasteiger partial charge in [-0.1, -0.05) is 18.5 Å². The van der Waals surface area contributed by atoms with E-state index in [0.29, 0.717) is 17.9 Å². The van der Waals surface area contributed by atoms with Gasteiger partial charge in [0.25, 0.3) is 5.91 Å². The second-order valence-electron chi connectivity index (χ2n) is 4.30. The SMILES string of the molecule is CNc1cc(C(=O)NCC(C)c2nccs2)cc(Cl)n1. The smallest absolute Gasteiger partial charge is 0.251 e. The fourth-order valence-electron chi connectivity index (χ4n) is 1.67. The van der Waals surface area contributed by atoms with Crippen molar-refractivity contribution in [1.29, 1.82) is 0 Å². The topological polar surface area (TPSA) is 66.9 Å². The lowest BCUT2D eigenvalue weighted by atomic mass is 10.2. The van der Waals surface area contributed by atoms with Gasteiger partial charge in [-0.25, -0.2) is 9.97 Å². The van der Waals surface area contributed by atoms with Gasteiger partial charge in [-0.15, -0.1) is 11.3 Å². The summed E-state index contributed by atoms with van der Waals surface area (Å²) in [6.45, 7) is 2.55. The van der Waals surface area contributed by atoms with Crippen LogP contribution in [0.5, 0.6) is 0 Å². The molecule has 20 heavy (non-hydrogen) atoms. The molecule has 5 nitrogen and oxygen atoms in total. The Balaban J connectivity index is 2.00. The summed E-state index contributed by atoms with van der Waals surface area (Å²) in [5.74, 6) is 0.574. The first-order valence-corrected chi connectivity index (χ1v) is 7.39. The first-order chi connectivity index (χ1) is 9.60. The highest BCUT2D eigenvalue weighted by molar-refractivity contribution is 7.09. The molecular weight excluding hydrogens is 296 g/mol. The molecular formula is C13H15ClN4OS. The lowest BCUT2D eigenvalue weighted by Crippen LogP contribution is -2.27. The molecule has 0 fully saturated rings. The molecule has 1 atom stereocenters. The zero-order valence-electron chi connectivity index (χ0n) is 11.2. The van der Waals surface area contributed by atoms with Crippen LogP contribution in [0.15, 0.2) is 23.7 Å². The molecule has 0 saturated carbocycles. The first-order valence-electron chi connectivity index (χ1n) is 6.13. The third-order valence-corrected chi connectivity index (χ3v) is 3.95. The Labute approximate surface area is 126 Å². The van der Waals surface area contributed by atoms with Crippen molar-refractivity contribution in [3.05, 3.63) is 39.4 Å². The fourth-order valence-corrected chi connectivity index (χ4v) is 2.58. The van der Waals surface area contributed by atoms with Crippen LogP contribution in [-0.4, -0.2) is 29.5 Å². The van der Waals surface area contributed by atoms with Gasteiger partial charge in [0.15, 0.2) is 0 Å². The number of aromatic nitrogens is 2. The molecule has 0 aliphatic rings. The molecule has 7 heteroatoms. The molecule has 2 aromatic heterocycles. The van der Waals surface area contributed by atoms with Gasteiger partial charge in [-0.2, -0.15) is 0 Å². The fraction of sp³-hybridized carbons (Fsp3) is 0.308. The minimum Gasteiger partial charge on any atom is -0.373 e. The van der Waals surface area contributed by atoms with E-state index in [-0.39, 0.29) is 17.0 Å². The molecule has 2 heterocycles. The summed E-state index contributed by atoms with van der Waals surface area (Å²) >= 11 is 7.46. The number of anilines is 1. The first kappa shape index (κ1) is 14.7. The number of amides is 1. The van der Waals surface area contributed by atoms with Crippen molar-refractivity contribution < 1.29 is 4.79 Å². The normalized spacial score (nSPS) is 11.9. The van der Waals surface area contributed by atoms with Gasteiger partial charge in [0.05, 0.1) is 5.01 Å². The summed E-state index contributed by atoms with van der Waals surface area (Å²) in [5.41, 5.74) is 0.487. The van der Waals surface area contributed by atoms with Crippen LogP contribution in [-0.2, 0) is 0 Å². The number of pyridine rings is 1. The van der Waals surface area contributed by atoms with E-state index in [1.165, 1.54) is 0 Å². The molecule has 1 amide bonds. The molecule has 106 valence electrons. The number of carbonyl (C=O) groups excluding carboxylic acids is 1. The average Bonchev–Trinajstić information content (AvgIpc) is 2.97. The van der Waals surface area contributed by atoms with E-state index in [0.717, 1.165) is 5.01 Å². The van der Waals surface area contributed by atoms with Crippen molar-refractivity contribution in [2.75, 3.05) is 18.9 Å². The second kappa shape index (κ2) is 6.67. The molecule has 0 bridgehead atoms. The third-order valence-electron chi connectivity index (χ3n) is 2.75. The maximum absolute atomic E-state index is 12.1. The van der Waals surface area contributed by atoms with E-state index in [2.05, 4.69) is 20.6 Å². The van der Waals surface area contributed by atoms with E-state index < -0.39 is 0 Å². The quantitative estimate of drug-likeness (QED) is 0.833. The van der Waals surface area contributed by atoms with Gasteiger partial charge in [-0.3, -0.25) is 4.79 Å². The molecule has 2 aromatic rings. The Morgan fingerprint density at radius 2 is 2.30 bits per heavy atom. The number of nitrogens with one attached hydrogen (secondary N) is 2. The van der Waals surface area contributed by atoms with Gasteiger partial charge in [-0.05, 0) is 12.1 Å². The zero-order chi connectivity index (χ0) is 14.5. The highest BCUT2D eigenvalue weighted by atomic mass is 35.5. The molecule has 2 N–H and O–H groups in total. The number of hydrogen-bond donors (Lipinski definition) is 2. The predicted molar refractivity (Wildman–Crippen MR) is 81.7 cm³/mol. The minimum absolute atomic E-state index is 0.172. The van der Waals surface area contributed by atoms with E-state index in [9.17, 15) is 4.79 Å². The zero-order valence-corrected chi connectivity index (χ0v) is 12.8. The lowest BCUT2D eigenvalue weighted by molar-refractivity contribution is 0.0951. The average molecular weight is 311 g/mol. The van der Waals surface area contributed by atoms with Crippen LogP contribution in [0.2, 0.25) is 5.15 Å². The van der Waals surface area contributed by atoms with Crippen LogP contribution in [0.1, 0.15) is 28.2 Å². The lowest BCUT2D eigenvalue weighted by Gasteiger charge is -2.11. The molecule has 1 unspecified atom stereocenters. The van der Waals surface area contributed by atoms with Crippen LogP contribution in [0.4, 0.5) is 5.82 Å². The van der Waals surface area contributed by atoms with Gasteiger partial charge in [0, 0.05) is 36.7 Å². The van der Waals surface area contributed by atoms with Crippen molar-refractivity contribution >= 4 is 34.7 Å². The van der Waals surface area contributed by atoms with Gasteiger partial charge >= 0.3 is 0 Å². The summed E-state index contributed by atoms with van der Waals surface area (Å²) in [6, 6.07) is 3.21. The summed E-state index contributed by atoms with van der Waals surface area (Å²) in [4.78, 5) is 20.4. The number of hydrogen-bond acceptors (Lipinski definition) is 5. The summed E-state index contributed by atoms with van der Waals surface area (Å²) in [5, 5.41) is 8.97. The van der Waals surface area contributed by atoms with E-state index in [1.54, 1.807) is 36.7 Å². The maximum Gasteiger partial charge on any atom is 0.251 e. The molecule has 0 aromatic carbocycles. The van der Waals surface area contributed by atoms with Crippen LogP contribution < -0.4 is 10.6 Å². The molecule has 0 aliphatic heterocycles. The number of halogens is 1. The van der Waals surface area contributed by atoms with E-state index >= 15 is 0 Å². The Bertz CT molecular complexity index is 588. The maximum atomic E-state index is 12.1. The standard InChI is InChI=1S/C13H15ClN4OS/c1-8(13-16-3-4-20-13)7-17-12(19)9-5-10(14)18-11(6-9)15-2/h3-6,8H,7H2,1-2H3,(H,15,18)(H,17,19). The highest BCUT2D eigenvalue weighted by Gasteiger charge is 2.12. The Hall–Kier alpha value is -1.66. The molecule has 0 radical (unpaired) electrons. The predicted octanol–water partition coefficient (Wildman–Crippen LogP) is 2.77. The van der Waals surface area contributed by atoms with Crippen molar-refractivity contribution in [3.63, 3.8) is 0 Å². The van der Waals surface area contributed by atoms with Crippen molar-refractivity contribution in [1.82, 2.24) is 15.3 Å². The monoisotopic (exact) mass is 310 g/mol. The molecule has 0 spiro atoms. The number of thiazole rings is 1. The van der Waals surface area contributed by atoms with Crippen molar-refractivity contribution in [3.8, 4) is 0 Å². The number of nitrogens with zero attached hydrogens (tertiary/aromatic N) is 2. The Morgan fingerprint density at radius 1 is 1.50 bits per heavy atom. The second-order valence-corrected chi connectivity index (χ2v) is 5.61. The molecule has 0 aliphatic carbocycles. The summed E-state index contributed by atoms with van der Waals surface area (Å²) in [6.07, 6.45) is 1.76. The van der Waals surface area contributed by atoms with E-state index in [1.807, 2.05) is 12.3 Å². The largest absolute Gasteiger partial charge is 0.373 e. The van der Waals surface area contributed by atoms with Gasteiger partial charge in [0.1, 0.15) is 11.0 Å². The molecule has 0 saturated heterocycles. The van der Waals surface area contributed by atoms with Crippen LogP contribution in [0.25, 0.3) is 0 Å².